The third-order valence-electron chi connectivity index (χ3n) is 8.15. The van der Waals surface area contributed by atoms with E-state index in [-0.39, 0.29) is 34.4 Å². The van der Waals surface area contributed by atoms with Crippen molar-refractivity contribution in [2.24, 2.45) is 34.5 Å². The Balaban J connectivity index is 1.74. The summed E-state index contributed by atoms with van der Waals surface area (Å²) in [6, 6.07) is 0. The molecule has 2 nitrogen and oxygen atoms in total. The minimum absolute atomic E-state index is 0.000291. The monoisotopic (exact) mass is 308 g/mol. The molecule has 1 N–H and O–H groups in total. The van der Waals surface area contributed by atoms with E-state index in [0.29, 0.717) is 18.8 Å². The molecule has 0 bridgehead atoms. The largest absolute Gasteiger partial charge is 0.385 e. The van der Waals surface area contributed by atoms with Crippen molar-refractivity contribution in [2.75, 3.05) is 0 Å². The van der Waals surface area contributed by atoms with Crippen LogP contribution in [0.2, 0.25) is 0 Å². The van der Waals surface area contributed by atoms with E-state index < -0.39 is 12.3 Å². The van der Waals surface area contributed by atoms with Gasteiger partial charge in [-0.3, -0.25) is 4.79 Å². The molecule has 0 heterocycles. The number of Topliss-reactive ketones (excluding diaryl/α,β-unsaturated/α-hetero) is 1. The number of rotatable bonds is 0. The van der Waals surface area contributed by atoms with Gasteiger partial charge in [0.05, 0.1) is 0 Å². The molecular weight excluding hydrogens is 279 g/mol. The standard InChI is InChI=1S/C19H29FO2/c1-18-8-6-12-15(14(18)9-11(20)10-18)17(22)16(21)13-5-3-4-7-19(12,13)2/h11-15,17,22H,3-10H2,1-2H3/t11-,12+,13?,14+,15-,17+,18-,19-/m1/s1. The van der Waals surface area contributed by atoms with E-state index in [1.54, 1.807) is 0 Å². The van der Waals surface area contributed by atoms with Crippen LogP contribution >= 0.6 is 0 Å². The molecule has 1 unspecified atom stereocenters. The molecule has 0 aliphatic heterocycles. The Morgan fingerprint density at radius 1 is 1.14 bits per heavy atom. The number of fused-ring (bicyclic) bond motifs is 5. The summed E-state index contributed by atoms with van der Waals surface area (Å²) >= 11 is 0. The lowest BCUT2D eigenvalue weighted by Crippen LogP contribution is -2.61. The molecule has 8 atom stereocenters. The molecule has 4 aliphatic carbocycles. The summed E-state index contributed by atoms with van der Waals surface area (Å²) in [6.45, 7) is 4.49. The predicted octanol–water partition coefficient (Wildman–Crippen LogP) is 3.91. The molecule has 4 saturated carbocycles. The minimum atomic E-state index is -0.837. The van der Waals surface area contributed by atoms with Gasteiger partial charge >= 0.3 is 0 Å². The maximum Gasteiger partial charge on any atom is 0.165 e. The van der Waals surface area contributed by atoms with Gasteiger partial charge in [0.25, 0.3) is 0 Å². The Kier molecular flexibility index (Phi) is 3.28. The van der Waals surface area contributed by atoms with Gasteiger partial charge in [0, 0.05) is 5.92 Å². The van der Waals surface area contributed by atoms with Gasteiger partial charge in [-0.05, 0) is 67.1 Å². The van der Waals surface area contributed by atoms with Gasteiger partial charge in [-0.1, -0.05) is 26.7 Å². The normalized spacial score (nSPS) is 57.9. The Labute approximate surface area is 132 Å². The lowest BCUT2D eigenvalue weighted by Gasteiger charge is -2.60. The number of aliphatic hydroxyl groups excluding tert-OH is 1. The number of alkyl halides is 1. The molecule has 4 rings (SSSR count). The summed E-state index contributed by atoms with van der Waals surface area (Å²) in [5.74, 6) is 0.736. The smallest absolute Gasteiger partial charge is 0.165 e. The number of hydrogen-bond acceptors (Lipinski definition) is 2. The van der Waals surface area contributed by atoms with Crippen LogP contribution in [-0.4, -0.2) is 23.2 Å². The first-order chi connectivity index (χ1) is 10.4. The van der Waals surface area contributed by atoms with Crippen LogP contribution < -0.4 is 0 Å². The van der Waals surface area contributed by atoms with E-state index in [4.69, 9.17) is 0 Å². The van der Waals surface area contributed by atoms with Crippen LogP contribution in [0.4, 0.5) is 4.39 Å². The van der Waals surface area contributed by atoms with Crippen LogP contribution in [0, 0.1) is 34.5 Å². The fourth-order valence-corrected chi connectivity index (χ4v) is 7.04. The Bertz CT molecular complexity index is 492. The molecule has 0 aromatic heterocycles. The van der Waals surface area contributed by atoms with Gasteiger partial charge in [0.2, 0.25) is 0 Å². The topological polar surface area (TPSA) is 37.3 Å². The highest BCUT2D eigenvalue weighted by molar-refractivity contribution is 5.87. The number of ketones is 1. The molecule has 124 valence electrons. The van der Waals surface area contributed by atoms with E-state index in [2.05, 4.69) is 13.8 Å². The molecule has 0 saturated heterocycles. The van der Waals surface area contributed by atoms with Crippen LogP contribution in [0.5, 0.6) is 0 Å². The quantitative estimate of drug-likeness (QED) is 0.737. The van der Waals surface area contributed by atoms with E-state index in [9.17, 15) is 14.3 Å². The first kappa shape index (κ1) is 15.1. The summed E-state index contributed by atoms with van der Waals surface area (Å²) in [4.78, 5) is 12.9. The zero-order valence-electron chi connectivity index (χ0n) is 13.9. The highest BCUT2D eigenvalue weighted by Crippen LogP contribution is 2.65. The molecule has 0 aromatic carbocycles. The number of halogens is 1. The maximum atomic E-state index is 14.1. The van der Waals surface area contributed by atoms with Crippen molar-refractivity contribution >= 4 is 5.78 Å². The highest BCUT2D eigenvalue weighted by atomic mass is 19.1. The second-order valence-corrected chi connectivity index (χ2v) is 9.17. The van der Waals surface area contributed by atoms with Crippen LogP contribution in [0.15, 0.2) is 0 Å². The molecule has 0 radical (unpaired) electrons. The molecule has 22 heavy (non-hydrogen) atoms. The summed E-state index contributed by atoms with van der Waals surface area (Å²) in [7, 11) is 0. The fraction of sp³-hybridized carbons (Fsp3) is 0.947. The van der Waals surface area contributed by atoms with Gasteiger partial charge in [-0.25, -0.2) is 4.39 Å². The Morgan fingerprint density at radius 2 is 1.91 bits per heavy atom. The van der Waals surface area contributed by atoms with Gasteiger partial charge in [0.15, 0.2) is 5.78 Å². The first-order valence-corrected chi connectivity index (χ1v) is 9.23. The summed E-state index contributed by atoms with van der Waals surface area (Å²) in [5.41, 5.74) is 0.0503. The van der Waals surface area contributed by atoms with E-state index in [0.717, 1.165) is 32.1 Å². The predicted molar refractivity (Wildman–Crippen MR) is 83.0 cm³/mol. The van der Waals surface area contributed by atoms with Crippen molar-refractivity contribution in [3.05, 3.63) is 0 Å². The van der Waals surface area contributed by atoms with Crippen molar-refractivity contribution in [1.29, 1.82) is 0 Å². The van der Waals surface area contributed by atoms with Crippen molar-refractivity contribution in [1.82, 2.24) is 0 Å². The molecule has 3 heteroatoms. The second-order valence-electron chi connectivity index (χ2n) is 9.17. The molecular formula is C19H29FO2. The number of carbonyl (C=O) groups is 1. The molecule has 0 aromatic rings. The molecule has 4 fully saturated rings. The second kappa shape index (κ2) is 4.78. The van der Waals surface area contributed by atoms with Gasteiger partial charge in [-0.2, -0.15) is 0 Å². The van der Waals surface area contributed by atoms with Gasteiger partial charge in [-0.15, -0.1) is 0 Å². The first-order valence-electron chi connectivity index (χ1n) is 9.23. The van der Waals surface area contributed by atoms with Crippen molar-refractivity contribution in [2.45, 2.75) is 77.5 Å². The van der Waals surface area contributed by atoms with Crippen molar-refractivity contribution in [3.8, 4) is 0 Å². The average molecular weight is 308 g/mol. The van der Waals surface area contributed by atoms with E-state index >= 15 is 0 Å². The lowest BCUT2D eigenvalue weighted by molar-refractivity contribution is -0.176. The fourth-order valence-electron chi connectivity index (χ4n) is 7.04. The Hall–Kier alpha value is -0.440. The SMILES string of the molecule is C[C@]12CC[C@H]3[C@@H]([C@H](O)C(=O)C4CCCC[C@@]43C)[C@@H]1C[C@@H](F)C2. The third kappa shape index (κ3) is 1.84. The van der Waals surface area contributed by atoms with E-state index in [1.807, 2.05) is 0 Å². The maximum absolute atomic E-state index is 14.1. The highest BCUT2D eigenvalue weighted by Gasteiger charge is 2.63. The summed E-state index contributed by atoms with van der Waals surface area (Å²) < 4.78 is 14.1. The number of carbonyl (C=O) groups excluding carboxylic acids is 1. The van der Waals surface area contributed by atoms with Crippen LogP contribution in [0.25, 0.3) is 0 Å². The number of aliphatic hydroxyl groups is 1. The van der Waals surface area contributed by atoms with Crippen LogP contribution in [0.3, 0.4) is 0 Å². The zero-order chi connectivity index (χ0) is 15.7. The average Bonchev–Trinajstić information content (AvgIpc) is 2.78. The molecule has 0 spiro atoms. The molecule has 4 aliphatic rings. The third-order valence-corrected chi connectivity index (χ3v) is 8.15. The van der Waals surface area contributed by atoms with Crippen molar-refractivity contribution < 1.29 is 14.3 Å². The minimum Gasteiger partial charge on any atom is -0.385 e. The summed E-state index contributed by atoms with van der Waals surface area (Å²) in [5, 5.41) is 10.8. The zero-order valence-corrected chi connectivity index (χ0v) is 13.9. The summed E-state index contributed by atoms with van der Waals surface area (Å²) in [6.07, 6.45) is 6.12. The molecule has 0 amide bonds. The van der Waals surface area contributed by atoms with Crippen molar-refractivity contribution in [3.63, 3.8) is 0 Å². The van der Waals surface area contributed by atoms with Crippen LogP contribution in [-0.2, 0) is 4.79 Å². The van der Waals surface area contributed by atoms with Gasteiger partial charge < -0.3 is 5.11 Å². The van der Waals surface area contributed by atoms with E-state index in [1.165, 1.54) is 6.42 Å². The van der Waals surface area contributed by atoms with Gasteiger partial charge in [0.1, 0.15) is 12.3 Å². The van der Waals surface area contributed by atoms with Crippen LogP contribution in [0.1, 0.15) is 65.2 Å². The lowest BCUT2D eigenvalue weighted by atomic mass is 9.44. The Morgan fingerprint density at radius 3 is 2.68 bits per heavy atom. The number of hydrogen-bond donors (Lipinski definition) is 1.